The highest BCUT2D eigenvalue weighted by Crippen LogP contribution is 2.06. The highest BCUT2D eigenvalue weighted by Gasteiger charge is 1.86. The Kier molecular flexibility index (Phi) is 11.0. The van der Waals surface area contributed by atoms with Crippen molar-refractivity contribution in [2.75, 3.05) is 0 Å². The van der Waals surface area contributed by atoms with Crippen LogP contribution in [-0.4, -0.2) is 0 Å². The summed E-state index contributed by atoms with van der Waals surface area (Å²) in [7, 11) is 0. The van der Waals surface area contributed by atoms with Crippen molar-refractivity contribution < 1.29 is 0 Å². The van der Waals surface area contributed by atoms with Gasteiger partial charge in [-0.1, -0.05) is 97.9 Å². The minimum absolute atomic E-state index is 1.19. The summed E-state index contributed by atoms with van der Waals surface area (Å²) in [5.41, 5.74) is 0. The summed E-state index contributed by atoms with van der Waals surface area (Å²) >= 11 is 0. The van der Waals surface area contributed by atoms with Gasteiger partial charge in [0.05, 0.1) is 0 Å². The lowest BCUT2D eigenvalue weighted by atomic mass is 10.1. The summed E-state index contributed by atoms with van der Waals surface area (Å²) in [6.07, 6.45) is 37.0. The van der Waals surface area contributed by atoms with Crippen molar-refractivity contribution in [3.05, 3.63) is 85.1 Å². The number of hydrogen-bond acceptors (Lipinski definition) is 0. The van der Waals surface area contributed by atoms with Crippen LogP contribution in [0.15, 0.2) is 85.1 Å². The Labute approximate surface area is 124 Å². The molecule has 106 valence electrons. The first-order valence-electron chi connectivity index (χ1n) is 7.65. The van der Waals surface area contributed by atoms with Gasteiger partial charge in [-0.25, -0.2) is 0 Å². The van der Waals surface area contributed by atoms with Gasteiger partial charge in [-0.05, 0) is 25.7 Å². The van der Waals surface area contributed by atoms with E-state index >= 15 is 0 Å². The molecule has 0 nitrogen and oxygen atoms in total. The first kappa shape index (κ1) is 16.2. The van der Waals surface area contributed by atoms with Crippen LogP contribution < -0.4 is 0 Å². The molecule has 1 rings (SSSR count). The largest absolute Gasteiger partial charge is 0.0845 e. The second kappa shape index (κ2) is 13.6. The second-order valence-electron chi connectivity index (χ2n) is 4.77. The summed E-state index contributed by atoms with van der Waals surface area (Å²) < 4.78 is 0. The SMILES string of the molecule is C1=CCCCCCC/C=C/C=C\C=C\C=C\C=C\C=C/1. The first-order valence-corrected chi connectivity index (χ1v) is 7.65. The van der Waals surface area contributed by atoms with Gasteiger partial charge < -0.3 is 0 Å². The van der Waals surface area contributed by atoms with E-state index < -0.39 is 0 Å². The maximum atomic E-state index is 2.26. The third kappa shape index (κ3) is 11.3. The van der Waals surface area contributed by atoms with Crippen LogP contribution in [-0.2, 0) is 0 Å². The molecule has 0 aromatic rings. The predicted molar refractivity (Wildman–Crippen MR) is 91.7 cm³/mol. The van der Waals surface area contributed by atoms with Gasteiger partial charge in [0, 0.05) is 0 Å². The Morgan fingerprint density at radius 2 is 0.600 bits per heavy atom. The van der Waals surface area contributed by atoms with Gasteiger partial charge in [0.15, 0.2) is 0 Å². The molecule has 0 fully saturated rings. The lowest BCUT2D eigenvalue weighted by Gasteiger charge is -1.96. The first-order chi connectivity index (χ1) is 10.0. The Morgan fingerprint density at radius 1 is 0.300 bits per heavy atom. The van der Waals surface area contributed by atoms with Crippen molar-refractivity contribution in [3.8, 4) is 0 Å². The molecular weight excluding hydrogens is 240 g/mol. The molecule has 0 N–H and O–H groups in total. The van der Waals surface area contributed by atoms with Crippen LogP contribution in [0.1, 0.15) is 38.5 Å². The van der Waals surface area contributed by atoms with Crippen LogP contribution >= 0.6 is 0 Å². The van der Waals surface area contributed by atoms with E-state index in [2.05, 4.69) is 48.6 Å². The lowest BCUT2D eigenvalue weighted by Crippen LogP contribution is -1.76. The van der Waals surface area contributed by atoms with Crippen LogP contribution in [0.2, 0.25) is 0 Å². The van der Waals surface area contributed by atoms with E-state index in [4.69, 9.17) is 0 Å². The van der Waals surface area contributed by atoms with Gasteiger partial charge in [0.1, 0.15) is 0 Å². The van der Waals surface area contributed by atoms with E-state index in [1.165, 1.54) is 38.5 Å². The zero-order valence-corrected chi connectivity index (χ0v) is 12.3. The fourth-order valence-electron chi connectivity index (χ4n) is 1.87. The highest BCUT2D eigenvalue weighted by molar-refractivity contribution is 5.20. The minimum Gasteiger partial charge on any atom is -0.0845 e. The third-order valence-electron chi connectivity index (χ3n) is 2.99. The Balaban J connectivity index is 2.45. The van der Waals surface area contributed by atoms with Gasteiger partial charge in [0.2, 0.25) is 0 Å². The number of allylic oxidation sites excluding steroid dienone is 14. The average molecular weight is 266 g/mol. The molecule has 0 amide bonds. The topological polar surface area (TPSA) is 0 Å². The summed E-state index contributed by atoms with van der Waals surface area (Å²) in [6, 6.07) is 0. The lowest BCUT2D eigenvalue weighted by molar-refractivity contribution is 0.652. The zero-order valence-electron chi connectivity index (χ0n) is 12.3. The molecule has 0 aromatic carbocycles. The molecule has 0 aliphatic heterocycles. The standard InChI is InChI=1S/C20H26/c1-2-4-6-8-10-12-14-16-18-20-19-17-15-13-11-9-7-5-3-1/h1-14H,15-20H2/b2-1+,5-3+,6-4+,9-7-,10-8-,13-11+,14-12?. The molecule has 1 aliphatic rings. The van der Waals surface area contributed by atoms with Gasteiger partial charge in [-0.15, -0.1) is 0 Å². The molecule has 0 atom stereocenters. The predicted octanol–water partition coefficient (Wildman–Crippen LogP) is 6.23. The molecule has 20 heavy (non-hydrogen) atoms. The van der Waals surface area contributed by atoms with Gasteiger partial charge >= 0.3 is 0 Å². The van der Waals surface area contributed by atoms with E-state index in [9.17, 15) is 0 Å². The summed E-state index contributed by atoms with van der Waals surface area (Å²) in [6.45, 7) is 0. The molecule has 0 radical (unpaired) electrons. The van der Waals surface area contributed by atoms with Crippen LogP contribution in [0.25, 0.3) is 0 Å². The maximum absolute atomic E-state index is 2.26. The van der Waals surface area contributed by atoms with E-state index in [1.54, 1.807) is 0 Å². The molecule has 0 aromatic heterocycles. The normalized spacial score (nSPS) is 28.0. The Morgan fingerprint density at radius 3 is 0.950 bits per heavy atom. The molecule has 1 aliphatic carbocycles. The molecule has 0 unspecified atom stereocenters. The van der Waals surface area contributed by atoms with Gasteiger partial charge in [0.25, 0.3) is 0 Å². The Bertz CT molecular complexity index is 371. The van der Waals surface area contributed by atoms with Crippen LogP contribution in [0.3, 0.4) is 0 Å². The van der Waals surface area contributed by atoms with Gasteiger partial charge in [-0.2, -0.15) is 0 Å². The molecular formula is C20H26. The second-order valence-corrected chi connectivity index (χ2v) is 4.77. The Hall–Kier alpha value is -1.82. The van der Waals surface area contributed by atoms with Crippen molar-refractivity contribution in [1.82, 2.24) is 0 Å². The molecule has 0 spiro atoms. The molecule has 0 saturated heterocycles. The summed E-state index contributed by atoms with van der Waals surface area (Å²) in [5.74, 6) is 0. The number of rotatable bonds is 0. The third-order valence-corrected chi connectivity index (χ3v) is 2.99. The summed E-state index contributed by atoms with van der Waals surface area (Å²) in [4.78, 5) is 0. The molecule has 0 heterocycles. The van der Waals surface area contributed by atoms with Crippen molar-refractivity contribution in [2.24, 2.45) is 0 Å². The monoisotopic (exact) mass is 266 g/mol. The van der Waals surface area contributed by atoms with Crippen molar-refractivity contribution in [3.63, 3.8) is 0 Å². The van der Waals surface area contributed by atoms with E-state index in [1.807, 2.05) is 36.5 Å². The molecule has 0 bridgehead atoms. The smallest absolute Gasteiger partial charge is 0.0348 e. The van der Waals surface area contributed by atoms with Crippen molar-refractivity contribution in [1.29, 1.82) is 0 Å². The fourth-order valence-corrected chi connectivity index (χ4v) is 1.87. The van der Waals surface area contributed by atoms with E-state index in [0.29, 0.717) is 0 Å². The van der Waals surface area contributed by atoms with Crippen LogP contribution in [0.5, 0.6) is 0 Å². The summed E-state index contributed by atoms with van der Waals surface area (Å²) in [5, 5.41) is 0. The zero-order chi connectivity index (χ0) is 14.1. The highest BCUT2D eigenvalue weighted by atomic mass is 13.9. The average Bonchev–Trinajstić information content (AvgIpc) is 2.46. The van der Waals surface area contributed by atoms with E-state index in [-0.39, 0.29) is 0 Å². The van der Waals surface area contributed by atoms with Crippen LogP contribution in [0, 0.1) is 0 Å². The maximum Gasteiger partial charge on any atom is -0.0348 e. The van der Waals surface area contributed by atoms with Gasteiger partial charge in [-0.3, -0.25) is 0 Å². The molecule has 0 heteroatoms. The van der Waals surface area contributed by atoms with Crippen molar-refractivity contribution in [2.45, 2.75) is 38.5 Å². The molecule has 0 saturated carbocycles. The number of hydrogen-bond donors (Lipinski definition) is 0. The van der Waals surface area contributed by atoms with Crippen LogP contribution in [0.4, 0.5) is 0 Å². The van der Waals surface area contributed by atoms with E-state index in [0.717, 1.165) is 0 Å². The quantitative estimate of drug-likeness (QED) is 0.487. The fraction of sp³-hybridized carbons (Fsp3) is 0.300. The van der Waals surface area contributed by atoms with Crippen molar-refractivity contribution >= 4 is 0 Å². The minimum atomic E-state index is 1.19.